The molecule has 0 fully saturated rings. The minimum atomic E-state index is 0. The van der Waals surface area contributed by atoms with Crippen LogP contribution in [0.1, 0.15) is 175 Å². The van der Waals surface area contributed by atoms with Gasteiger partial charge in [-0.2, -0.15) is 0 Å². The predicted octanol–water partition coefficient (Wildman–Crippen LogP) is 11.2. The summed E-state index contributed by atoms with van der Waals surface area (Å²) in [4.78, 5) is 0. The number of unbranched alkanes of at least 4 members (excludes halogenated alkanes) is 21. The van der Waals surface area contributed by atoms with Crippen molar-refractivity contribution < 1.29 is 26.8 Å². The molecule has 34 heavy (non-hydrogen) atoms. The van der Waals surface area contributed by atoms with Crippen molar-refractivity contribution in [3.8, 4) is 0 Å². The maximum absolute atomic E-state index is 8.51. The van der Waals surface area contributed by atoms with Crippen LogP contribution in [0, 0.1) is 0 Å². The predicted molar refractivity (Wildman–Crippen MR) is 155 cm³/mol. The molecular formula is C30H65ClNOTi-. The van der Waals surface area contributed by atoms with Gasteiger partial charge in [-0.1, -0.05) is 168 Å². The number of rotatable bonds is 26. The molecule has 0 aromatic carbocycles. The van der Waals surface area contributed by atoms with Gasteiger partial charge in [0.05, 0.1) is 0 Å². The first-order valence-corrected chi connectivity index (χ1v) is 15.1. The van der Waals surface area contributed by atoms with E-state index in [9.17, 15) is 0 Å². The summed E-state index contributed by atoms with van der Waals surface area (Å²) in [5.74, 6) is 0. The summed E-state index contributed by atoms with van der Waals surface area (Å²) in [5, 5.41) is 13.2. The van der Waals surface area contributed by atoms with Crippen LogP contribution in [0.25, 0.3) is 5.32 Å². The van der Waals surface area contributed by atoms with Crippen LogP contribution in [0.2, 0.25) is 0 Å². The summed E-state index contributed by atoms with van der Waals surface area (Å²) in [6.07, 6.45) is 32.9. The molecule has 0 amide bonds. The number of hydrogen-bond acceptors (Lipinski definition) is 1. The quantitative estimate of drug-likeness (QED) is 0.0862. The zero-order chi connectivity index (χ0) is 23.8. The second kappa shape index (κ2) is 44.0. The molecule has 0 heterocycles. The number of halogens is 1. The van der Waals surface area contributed by atoms with Crippen LogP contribution < -0.4 is 0 Å². The number of hydrogen-bond donors (Lipinski definition) is 1. The van der Waals surface area contributed by atoms with Crippen LogP contribution in [0.4, 0.5) is 0 Å². The van der Waals surface area contributed by atoms with Crippen LogP contribution in [0.5, 0.6) is 0 Å². The third-order valence-corrected chi connectivity index (χ3v) is 6.35. The fourth-order valence-corrected chi connectivity index (χ4v) is 4.07. The van der Waals surface area contributed by atoms with E-state index in [1.54, 1.807) is 0 Å². The minimum absolute atomic E-state index is 0. The number of aliphatic hydroxyl groups is 1. The average molecular weight is 539 g/mol. The fraction of sp³-hybridized carbons (Fsp3) is 1.00. The standard InChI is InChI=1S/C20H42N.C10H22O.ClH.Ti/c1-3-5-7-9-11-13-15-17-19-21-20-18-16-14-12-10-8-6-4-2;1-2-3-4-5-6-7-8-9-10-11;;/h3-20H2,1-2H3;11H,2-10H2,1H3;1H;/q-1;;;. The third kappa shape index (κ3) is 46.3. The SMILES string of the molecule is CCCCCCCCCCO.CCCCCCCCCC[N-]CCCCCCCCCC.Cl.[Ti]. The Morgan fingerprint density at radius 3 is 0.882 bits per heavy atom. The van der Waals surface area contributed by atoms with Crippen molar-refractivity contribution in [2.24, 2.45) is 0 Å². The van der Waals surface area contributed by atoms with Gasteiger partial charge >= 0.3 is 0 Å². The molecule has 0 aliphatic carbocycles. The zero-order valence-electron chi connectivity index (χ0n) is 23.9. The Morgan fingerprint density at radius 1 is 0.382 bits per heavy atom. The topological polar surface area (TPSA) is 34.3 Å². The first-order valence-electron chi connectivity index (χ1n) is 15.1. The van der Waals surface area contributed by atoms with Crippen LogP contribution in [-0.4, -0.2) is 24.8 Å². The Bertz CT molecular complexity index is 269. The minimum Gasteiger partial charge on any atom is -0.662 e. The first-order chi connectivity index (χ1) is 15.8. The van der Waals surface area contributed by atoms with Crippen molar-refractivity contribution in [1.29, 1.82) is 0 Å². The molecule has 0 saturated carbocycles. The molecule has 0 bridgehead atoms. The van der Waals surface area contributed by atoms with Gasteiger partial charge in [0.25, 0.3) is 0 Å². The molecule has 4 heteroatoms. The van der Waals surface area contributed by atoms with Crippen molar-refractivity contribution in [1.82, 2.24) is 0 Å². The van der Waals surface area contributed by atoms with E-state index in [0.717, 1.165) is 19.5 Å². The maximum atomic E-state index is 8.51. The summed E-state index contributed by atoms with van der Waals surface area (Å²) in [6.45, 7) is 9.42. The Balaban J connectivity index is -0.000000296. The zero-order valence-corrected chi connectivity index (χ0v) is 26.3. The van der Waals surface area contributed by atoms with E-state index in [1.165, 1.54) is 148 Å². The molecule has 0 spiro atoms. The van der Waals surface area contributed by atoms with Crippen molar-refractivity contribution in [2.45, 2.75) is 175 Å². The Morgan fingerprint density at radius 2 is 0.618 bits per heavy atom. The monoisotopic (exact) mass is 538 g/mol. The molecule has 0 atom stereocenters. The van der Waals surface area contributed by atoms with Gasteiger partial charge in [-0.25, -0.2) is 0 Å². The first kappa shape index (κ1) is 42.0. The molecule has 0 aliphatic heterocycles. The molecule has 0 radical (unpaired) electrons. The Hall–Kier alpha value is 0.924. The molecule has 0 aliphatic rings. The molecular weight excluding hydrogens is 474 g/mol. The van der Waals surface area contributed by atoms with Gasteiger partial charge in [0.15, 0.2) is 0 Å². The van der Waals surface area contributed by atoms with Gasteiger partial charge in [-0.15, -0.1) is 25.5 Å². The molecule has 0 aromatic rings. The summed E-state index contributed by atoms with van der Waals surface area (Å²) < 4.78 is 0. The van der Waals surface area contributed by atoms with Gasteiger partial charge in [0.2, 0.25) is 0 Å². The van der Waals surface area contributed by atoms with Crippen LogP contribution in [0.3, 0.4) is 0 Å². The molecule has 0 rings (SSSR count). The maximum Gasteiger partial charge on any atom is 0.0431 e. The van der Waals surface area contributed by atoms with Gasteiger partial charge in [0.1, 0.15) is 0 Å². The largest absolute Gasteiger partial charge is 0.662 e. The summed E-state index contributed by atoms with van der Waals surface area (Å²) >= 11 is 0. The van der Waals surface area contributed by atoms with Gasteiger partial charge in [-0.05, 0) is 6.42 Å². The molecule has 0 saturated heterocycles. The van der Waals surface area contributed by atoms with Crippen LogP contribution >= 0.6 is 12.4 Å². The third-order valence-electron chi connectivity index (χ3n) is 6.35. The summed E-state index contributed by atoms with van der Waals surface area (Å²) in [6, 6.07) is 0. The van der Waals surface area contributed by atoms with Crippen molar-refractivity contribution >= 4 is 12.4 Å². The van der Waals surface area contributed by atoms with E-state index >= 15 is 0 Å². The summed E-state index contributed by atoms with van der Waals surface area (Å²) in [5.41, 5.74) is 0. The van der Waals surface area contributed by atoms with Gasteiger partial charge in [-0.3, -0.25) is 0 Å². The Kier molecular flexibility index (Phi) is 54.3. The van der Waals surface area contributed by atoms with Crippen LogP contribution in [0.15, 0.2) is 0 Å². The molecule has 208 valence electrons. The van der Waals surface area contributed by atoms with E-state index in [0.29, 0.717) is 6.61 Å². The van der Waals surface area contributed by atoms with E-state index in [-0.39, 0.29) is 34.1 Å². The van der Waals surface area contributed by atoms with E-state index in [4.69, 9.17) is 5.11 Å². The average Bonchev–Trinajstić information content (AvgIpc) is 2.81. The Labute approximate surface area is 238 Å². The second-order valence-electron chi connectivity index (χ2n) is 9.82. The fourth-order valence-electron chi connectivity index (χ4n) is 4.07. The number of aliphatic hydroxyl groups excluding tert-OH is 1. The van der Waals surface area contributed by atoms with Crippen molar-refractivity contribution in [3.05, 3.63) is 5.32 Å². The van der Waals surface area contributed by atoms with E-state index < -0.39 is 0 Å². The number of nitrogens with zero attached hydrogens (tertiary/aromatic N) is 1. The van der Waals surface area contributed by atoms with Gasteiger partial charge < -0.3 is 10.4 Å². The molecule has 0 aromatic heterocycles. The summed E-state index contributed by atoms with van der Waals surface area (Å²) in [7, 11) is 0. The normalized spacial score (nSPS) is 10.2. The van der Waals surface area contributed by atoms with Crippen molar-refractivity contribution in [3.63, 3.8) is 0 Å². The second-order valence-corrected chi connectivity index (χ2v) is 9.82. The molecule has 1 N–H and O–H groups in total. The smallest absolute Gasteiger partial charge is 0.0431 e. The molecule has 2 nitrogen and oxygen atoms in total. The molecule has 0 unspecified atom stereocenters. The van der Waals surface area contributed by atoms with Crippen LogP contribution in [-0.2, 0) is 21.7 Å². The van der Waals surface area contributed by atoms with E-state index in [1.807, 2.05) is 0 Å². The van der Waals surface area contributed by atoms with E-state index in [2.05, 4.69) is 26.1 Å². The van der Waals surface area contributed by atoms with Crippen molar-refractivity contribution in [2.75, 3.05) is 19.7 Å². The van der Waals surface area contributed by atoms with Gasteiger partial charge in [0, 0.05) is 28.3 Å².